The van der Waals surface area contributed by atoms with Crippen LogP contribution in [0.3, 0.4) is 0 Å². The van der Waals surface area contributed by atoms with Gasteiger partial charge in [-0.3, -0.25) is 4.79 Å². The van der Waals surface area contributed by atoms with Crippen molar-refractivity contribution in [1.82, 2.24) is 4.31 Å². The fourth-order valence-corrected chi connectivity index (χ4v) is 4.92. The second-order valence-corrected chi connectivity index (χ2v) is 8.95. The van der Waals surface area contributed by atoms with Gasteiger partial charge in [0.15, 0.2) is 6.10 Å². The average molecular weight is 464 g/mol. The second kappa shape index (κ2) is 10.6. The highest BCUT2D eigenvalue weighted by molar-refractivity contribution is 7.89. The van der Waals surface area contributed by atoms with Gasteiger partial charge in [-0.2, -0.15) is 4.31 Å². The lowest BCUT2D eigenvalue weighted by molar-refractivity contribution is 0.0317. The molecule has 0 aliphatic heterocycles. The molecule has 9 heteroatoms. The molecule has 32 heavy (non-hydrogen) atoms. The van der Waals surface area contributed by atoms with Crippen molar-refractivity contribution in [1.29, 1.82) is 0 Å². The van der Waals surface area contributed by atoms with Gasteiger partial charge in [0.05, 0.1) is 30.2 Å². The van der Waals surface area contributed by atoms with Crippen LogP contribution in [0, 0.1) is 6.92 Å². The fourth-order valence-electron chi connectivity index (χ4n) is 3.21. The molecular weight excluding hydrogens is 434 g/mol. The summed E-state index contributed by atoms with van der Waals surface area (Å²) in [5.74, 6) is -0.444. The molecule has 0 bridgehead atoms. The summed E-state index contributed by atoms with van der Waals surface area (Å²) in [5.41, 5.74) is 0.797. The third-order valence-electron chi connectivity index (χ3n) is 5.07. The minimum absolute atomic E-state index is 0.0338. The summed E-state index contributed by atoms with van der Waals surface area (Å²) in [6, 6.07) is 9.01. The molecule has 0 unspecified atom stereocenters. The molecule has 8 nitrogen and oxygen atoms in total. The highest BCUT2D eigenvalue weighted by Gasteiger charge is 2.27. The number of ether oxygens (including phenoxy) is 3. The Bertz CT molecular complexity index is 1090. The fraction of sp³-hybridized carbons (Fsp3) is 0.391. The van der Waals surface area contributed by atoms with Crippen molar-refractivity contribution in [3.63, 3.8) is 0 Å². The van der Waals surface area contributed by atoms with Crippen molar-refractivity contribution in [2.75, 3.05) is 27.3 Å². The number of ketones is 1. The normalized spacial score (nSPS) is 12.3. The first-order valence-electron chi connectivity index (χ1n) is 10.2. The van der Waals surface area contributed by atoms with Crippen molar-refractivity contribution in [2.24, 2.45) is 0 Å². The van der Waals surface area contributed by atoms with Crippen molar-refractivity contribution >= 4 is 21.8 Å². The van der Waals surface area contributed by atoms with Gasteiger partial charge in [0.1, 0.15) is 11.5 Å². The van der Waals surface area contributed by atoms with Gasteiger partial charge in [-0.1, -0.05) is 19.9 Å². The Morgan fingerprint density at radius 3 is 2.22 bits per heavy atom. The molecule has 0 aliphatic carbocycles. The molecule has 0 saturated heterocycles. The summed E-state index contributed by atoms with van der Waals surface area (Å²) in [7, 11) is -0.841. The molecule has 0 aliphatic rings. The summed E-state index contributed by atoms with van der Waals surface area (Å²) in [4.78, 5) is 25.6. The third-order valence-corrected chi connectivity index (χ3v) is 7.27. The van der Waals surface area contributed by atoms with E-state index >= 15 is 0 Å². The Hall–Kier alpha value is -2.91. The molecule has 0 radical (unpaired) electrons. The standard InChI is InChI=1S/C23H29NO7S/c1-7-24(8-2)32(27,28)21-13-17(10-9-15(21)3)23(26)31-16(4)22(25)19-12-11-18(29-5)14-20(19)30-6/h9-14,16H,7-8H2,1-6H3/t16-/m0/s1. The zero-order valence-corrected chi connectivity index (χ0v) is 20.0. The molecule has 0 amide bonds. The van der Waals surface area contributed by atoms with E-state index < -0.39 is 27.9 Å². The number of methoxy groups -OCH3 is 2. The van der Waals surface area contributed by atoms with Crippen LogP contribution in [0.4, 0.5) is 0 Å². The highest BCUT2D eigenvalue weighted by atomic mass is 32.2. The number of sulfonamides is 1. The quantitative estimate of drug-likeness (QED) is 0.393. The molecule has 2 aromatic rings. The number of nitrogens with zero attached hydrogens (tertiary/aromatic N) is 1. The first-order chi connectivity index (χ1) is 15.1. The van der Waals surface area contributed by atoms with Crippen LogP contribution in [0.1, 0.15) is 47.1 Å². The third kappa shape index (κ3) is 5.28. The molecule has 2 rings (SSSR count). The van der Waals surface area contributed by atoms with E-state index in [4.69, 9.17) is 14.2 Å². The van der Waals surface area contributed by atoms with Crippen LogP contribution in [-0.2, 0) is 14.8 Å². The highest BCUT2D eigenvalue weighted by Crippen LogP contribution is 2.27. The van der Waals surface area contributed by atoms with Crippen molar-refractivity contribution in [2.45, 2.75) is 38.7 Å². The molecule has 0 aromatic heterocycles. The number of rotatable bonds is 10. The number of hydrogen-bond acceptors (Lipinski definition) is 7. The van der Waals surface area contributed by atoms with E-state index in [-0.39, 0.29) is 16.0 Å². The van der Waals surface area contributed by atoms with Gasteiger partial charge in [-0.15, -0.1) is 0 Å². The lowest BCUT2D eigenvalue weighted by atomic mass is 10.1. The molecule has 1 atom stereocenters. The summed E-state index contributed by atoms with van der Waals surface area (Å²) in [5, 5.41) is 0. The number of esters is 1. The number of aryl methyl sites for hydroxylation is 1. The van der Waals surface area contributed by atoms with E-state index in [1.165, 1.54) is 43.6 Å². The second-order valence-electron chi connectivity index (χ2n) is 7.05. The van der Waals surface area contributed by atoms with Crippen LogP contribution in [0.2, 0.25) is 0 Å². The van der Waals surface area contributed by atoms with Crippen molar-refractivity contribution in [3.8, 4) is 11.5 Å². The summed E-state index contributed by atoms with van der Waals surface area (Å²) in [6.45, 7) is 7.22. The maximum atomic E-state index is 12.9. The first kappa shape index (κ1) is 25.4. The molecule has 174 valence electrons. The Morgan fingerprint density at radius 2 is 1.66 bits per heavy atom. The number of Topliss-reactive ketones (excluding diaryl/α,β-unsaturated/α-hetero) is 1. The molecular formula is C23H29NO7S. The minimum Gasteiger partial charge on any atom is -0.497 e. The predicted molar refractivity (Wildman–Crippen MR) is 120 cm³/mol. The summed E-state index contributed by atoms with van der Waals surface area (Å²) in [6.07, 6.45) is -1.12. The Kier molecular flexibility index (Phi) is 8.40. The van der Waals surface area contributed by atoms with E-state index in [0.29, 0.717) is 30.2 Å². The minimum atomic E-state index is -3.76. The number of carbonyl (C=O) groups is 2. The number of hydrogen-bond donors (Lipinski definition) is 0. The number of benzene rings is 2. The van der Waals surface area contributed by atoms with Crippen molar-refractivity contribution < 1.29 is 32.2 Å². The van der Waals surface area contributed by atoms with Gasteiger partial charge < -0.3 is 14.2 Å². The van der Waals surface area contributed by atoms with Gasteiger partial charge in [0.25, 0.3) is 0 Å². The molecule has 0 spiro atoms. The van der Waals surface area contributed by atoms with Crippen LogP contribution < -0.4 is 9.47 Å². The zero-order valence-electron chi connectivity index (χ0n) is 19.2. The van der Waals surface area contributed by atoms with Gasteiger partial charge in [0, 0.05) is 19.2 Å². The molecule has 0 N–H and O–H groups in total. The van der Waals surface area contributed by atoms with Crippen LogP contribution in [0.15, 0.2) is 41.3 Å². The number of carbonyl (C=O) groups excluding carboxylic acids is 2. The molecule has 0 saturated carbocycles. The Balaban J connectivity index is 2.29. The van der Waals surface area contributed by atoms with Crippen LogP contribution >= 0.6 is 0 Å². The van der Waals surface area contributed by atoms with Gasteiger partial charge in [-0.05, 0) is 43.7 Å². The monoisotopic (exact) mass is 463 g/mol. The predicted octanol–water partition coefficient (Wildman–Crippen LogP) is 3.47. The van der Waals surface area contributed by atoms with E-state index in [9.17, 15) is 18.0 Å². The van der Waals surface area contributed by atoms with E-state index in [0.717, 1.165) is 0 Å². The summed E-state index contributed by atoms with van der Waals surface area (Å²) >= 11 is 0. The summed E-state index contributed by atoms with van der Waals surface area (Å²) < 4.78 is 42.9. The molecule has 2 aromatic carbocycles. The maximum Gasteiger partial charge on any atom is 0.338 e. The lowest BCUT2D eigenvalue weighted by Crippen LogP contribution is -2.31. The van der Waals surface area contributed by atoms with E-state index in [2.05, 4.69) is 0 Å². The first-order valence-corrected chi connectivity index (χ1v) is 11.6. The van der Waals surface area contributed by atoms with Crippen LogP contribution in [0.5, 0.6) is 11.5 Å². The lowest BCUT2D eigenvalue weighted by Gasteiger charge is -2.20. The SMILES string of the molecule is CCN(CC)S(=O)(=O)c1cc(C(=O)O[C@@H](C)C(=O)c2ccc(OC)cc2OC)ccc1C. The van der Waals surface area contributed by atoms with Crippen LogP contribution in [-0.4, -0.2) is 57.9 Å². The van der Waals surface area contributed by atoms with E-state index in [1.807, 2.05) is 0 Å². The molecule has 0 fully saturated rings. The van der Waals surface area contributed by atoms with Gasteiger partial charge in [0.2, 0.25) is 15.8 Å². The Morgan fingerprint density at radius 1 is 1.00 bits per heavy atom. The van der Waals surface area contributed by atoms with Gasteiger partial charge in [-0.25, -0.2) is 13.2 Å². The Labute approximate surface area is 189 Å². The van der Waals surface area contributed by atoms with Gasteiger partial charge >= 0.3 is 5.97 Å². The zero-order chi connectivity index (χ0) is 24.1. The van der Waals surface area contributed by atoms with Crippen LogP contribution in [0.25, 0.3) is 0 Å². The maximum absolute atomic E-state index is 12.9. The van der Waals surface area contributed by atoms with Crippen molar-refractivity contribution in [3.05, 3.63) is 53.1 Å². The molecule has 0 heterocycles. The largest absolute Gasteiger partial charge is 0.497 e. The average Bonchev–Trinajstić information content (AvgIpc) is 2.78. The van der Waals surface area contributed by atoms with E-state index in [1.54, 1.807) is 39.0 Å². The smallest absolute Gasteiger partial charge is 0.338 e. The topological polar surface area (TPSA) is 99.2 Å².